The van der Waals surface area contributed by atoms with Crippen molar-refractivity contribution in [2.75, 3.05) is 11.9 Å². The van der Waals surface area contributed by atoms with Gasteiger partial charge in [0.15, 0.2) is 0 Å². The molecule has 1 saturated carbocycles. The average molecular weight is 472 g/mol. The van der Waals surface area contributed by atoms with Gasteiger partial charge in [-0.3, -0.25) is 4.79 Å². The van der Waals surface area contributed by atoms with Crippen molar-refractivity contribution in [1.82, 2.24) is 5.32 Å². The van der Waals surface area contributed by atoms with Crippen molar-refractivity contribution in [3.8, 4) is 16.9 Å². The van der Waals surface area contributed by atoms with E-state index >= 15 is 0 Å². The molecule has 0 bridgehead atoms. The van der Waals surface area contributed by atoms with Crippen molar-refractivity contribution >= 4 is 23.7 Å². The molecule has 0 radical (unpaired) electrons. The molecule has 8 nitrogen and oxygen atoms in total. The highest BCUT2D eigenvalue weighted by molar-refractivity contribution is 5.96. The van der Waals surface area contributed by atoms with Crippen LogP contribution in [0.2, 0.25) is 0 Å². The van der Waals surface area contributed by atoms with Crippen LogP contribution in [0.25, 0.3) is 11.1 Å². The normalized spacial score (nSPS) is 18.1. The number of amides is 2. The van der Waals surface area contributed by atoms with E-state index in [9.17, 15) is 19.5 Å². The third kappa shape index (κ3) is 4.42. The molecular formula is C27H24N2O6. The minimum Gasteiger partial charge on any atom is -0.507 e. The van der Waals surface area contributed by atoms with Gasteiger partial charge in [-0.1, -0.05) is 48.5 Å². The van der Waals surface area contributed by atoms with E-state index in [1.807, 2.05) is 24.3 Å². The Kier molecular flexibility index (Phi) is 5.86. The van der Waals surface area contributed by atoms with Gasteiger partial charge in [-0.15, -0.1) is 0 Å². The van der Waals surface area contributed by atoms with Crippen molar-refractivity contribution in [3.05, 3.63) is 83.4 Å². The first-order valence-corrected chi connectivity index (χ1v) is 11.4. The van der Waals surface area contributed by atoms with E-state index in [0.29, 0.717) is 12.8 Å². The number of carbonyl (C=O) groups is 3. The lowest BCUT2D eigenvalue weighted by Gasteiger charge is -2.34. The molecule has 0 atom stereocenters. The van der Waals surface area contributed by atoms with Crippen molar-refractivity contribution in [2.45, 2.75) is 24.8 Å². The summed E-state index contributed by atoms with van der Waals surface area (Å²) in [7, 11) is 0. The Morgan fingerprint density at radius 1 is 0.914 bits per heavy atom. The summed E-state index contributed by atoms with van der Waals surface area (Å²) in [5, 5.41) is 24.2. The number of carboxylic acid groups (broad SMARTS) is 1. The number of hydrogen-bond acceptors (Lipinski definition) is 5. The smallest absolute Gasteiger partial charge is 0.407 e. The van der Waals surface area contributed by atoms with Gasteiger partial charge in [-0.25, -0.2) is 9.59 Å². The number of benzene rings is 3. The number of nitrogens with one attached hydrogen (secondary N) is 2. The number of rotatable bonds is 6. The van der Waals surface area contributed by atoms with E-state index in [4.69, 9.17) is 9.84 Å². The van der Waals surface area contributed by atoms with Gasteiger partial charge in [0.05, 0.1) is 0 Å². The summed E-state index contributed by atoms with van der Waals surface area (Å²) in [5.74, 6) is -2.25. The van der Waals surface area contributed by atoms with Gasteiger partial charge in [0, 0.05) is 23.6 Å². The highest BCUT2D eigenvalue weighted by Gasteiger charge is 2.36. The predicted molar refractivity (Wildman–Crippen MR) is 128 cm³/mol. The first kappa shape index (κ1) is 22.5. The molecule has 35 heavy (non-hydrogen) atoms. The largest absolute Gasteiger partial charge is 0.507 e. The number of hydrogen-bond donors (Lipinski definition) is 4. The fourth-order valence-electron chi connectivity index (χ4n) is 4.79. The van der Waals surface area contributed by atoms with Gasteiger partial charge in [0.25, 0.3) is 0 Å². The van der Waals surface area contributed by atoms with Crippen LogP contribution < -0.4 is 10.6 Å². The topological polar surface area (TPSA) is 125 Å². The van der Waals surface area contributed by atoms with Crippen LogP contribution >= 0.6 is 0 Å². The molecule has 178 valence electrons. The summed E-state index contributed by atoms with van der Waals surface area (Å²) >= 11 is 0. The van der Waals surface area contributed by atoms with Crippen molar-refractivity contribution < 1.29 is 29.3 Å². The molecule has 1 fully saturated rings. The second-order valence-corrected chi connectivity index (χ2v) is 8.86. The van der Waals surface area contributed by atoms with Crippen LogP contribution in [0, 0.1) is 5.92 Å². The van der Waals surface area contributed by atoms with Crippen LogP contribution in [0.15, 0.2) is 66.7 Å². The van der Waals surface area contributed by atoms with E-state index in [1.54, 1.807) is 0 Å². The summed E-state index contributed by atoms with van der Waals surface area (Å²) in [4.78, 5) is 36.0. The molecule has 0 spiro atoms. The number of ether oxygens (including phenoxy) is 1. The van der Waals surface area contributed by atoms with Crippen LogP contribution in [-0.4, -0.2) is 40.8 Å². The van der Waals surface area contributed by atoms with E-state index in [0.717, 1.165) is 22.3 Å². The van der Waals surface area contributed by atoms with Crippen molar-refractivity contribution in [3.63, 3.8) is 0 Å². The minimum absolute atomic E-state index is 0.0194. The quantitative estimate of drug-likeness (QED) is 0.396. The van der Waals surface area contributed by atoms with E-state index in [2.05, 4.69) is 34.9 Å². The van der Waals surface area contributed by atoms with Crippen molar-refractivity contribution in [1.29, 1.82) is 0 Å². The summed E-state index contributed by atoms with van der Waals surface area (Å²) in [6.45, 7) is 0.225. The predicted octanol–water partition coefficient (Wildman–Crippen LogP) is 4.35. The van der Waals surface area contributed by atoms with Gasteiger partial charge in [0.2, 0.25) is 5.91 Å². The van der Waals surface area contributed by atoms with E-state index < -0.39 is 12.1 Å². The highest BCUT2D eigenvalue weighted by atomic mass is 16.5. The van der Waals surface area contributed by atoms with Gasteiger partial charge < -0.3 is 25.6 Å². The Balaban J connectivity index is 1.11. The monoisotopic (exact) mass is 472 g/mol. The zero-order valence-corrected chi connectivity index (χ0v) is 18.7. The maximum Gasteiger partial charge on any atom is 0.407 e. The van der Waals surface area contributed by atoms with E-state index in [1.165, 1.54) is 18.2 Å². The molecular weight excluding hydrogens is 448 g/mol. The molecule has 4 N–H and O–H groups in total. The molecule has 2 aliphatic carbocycles. The Morgan fingerprint density at radius 2 is 1.54 bits per heavy atom. The number of carboxylic acids is 1. The SMILES string of the molecule is O=C(NC1CC(C(=O)Nc2ccc(O)c(C(=O)O)c2)C1)OCC1c2ccccc2-c2ccccc21. The number of fused-ring (bicyclic) bond motifs is 3. The first-order valence-electron chi connectivity index (χ1n) is 11.4. The number of alkyl carbamates (subject to hydrolysis) is 1. The summed E-state index contributed by atoms with van der Waals surface area (Å²) < 4.78 is 5.55. The molecule has 3 aromatic carbocycles. The van der Waals surface area contributed by atoms with E-state index in [-0.39, 0.29) is 47.4 Å². The van der Waals surface area contributed by atoms with Gasteiger partial charge in [0.1, 0.15) is 17.9 Å². The maximum atomic E-state index is 12.5. The second-order valence-electron chi connectivity index (χ2n) is 8.86. The molecule has 5 rings (SSSR count). The zero-order chi connectivity index (χ0) is 24.5. The molecule has 0 unspecified atom stereocenters. The van der Waals surface area contributed by atoms with Crippen LogP contribution in [0.5, 0.6) is 5.75 Å². The van der Waals surface area contributed by atoms with Gasteiger partial charge >= 0.3 is 12.1 Å². The average Bonchev–Trinajstić information content (AvgIpc) is 3.14. The number of phenols is 1. The van der Waals surface area contributed by atoms with Crippen LogP contribution in [0.1, 0.15) is 40.2 Å². The molecule has 3 aromatic rings. The number of aromatic carboxylic acids is 1. The zero-order valence-electron chi connectivity index (χ0n) is 18.7. The Morgan fingerprint density at radius 3 is 2.17 bits per heavy atom. The van der Waals surface area contributed by atoms with Gasteiger partial charge in [-0.2, -0.15) is 0 Å². The molecule has 0 heterocycles. The molecule has 0 saturated heterocycles. The highest BCUT2D eigenvalue weighted by Crippen LogP contribution is 2.44. The standard InChI is InChI=1S/C27H24N2O6/c30-24-10-9-16(13-22(24)26(32)33)28-25(31)15-11-17(12-15)29-27(34)35-14-23-20-7-3-1-5-18(20)19-6-2-4-8-21(19)23/h1-10,13,15,17,23,30H,11-12,14H2,(H,28,31)(H,29,34)(H,32,33). The lowest BCUT2D eigenvalue weighted by atomic mass is 9.79. The molecule has 2 aliphatic rings. The number of anilines is 1. The minimum atomic E-state index is -1.28. The Hall–Kier alpha value is -4.33. The van der Waals surface area contributed by atoms with Crippen LogP contribution in [0.4, 0.5) is 10.5 Å². The van der Waals surface area contributed by atoms with Gasteiger partial charge in [-0.05, 0) is 53.3 Å². The lowest BCUT2D eigenvalue weighted by molar-refractivity contribution is -0.122. The fraction of sp³-hybridized carbons (Fsp3) is 0.222. The molecule has 2 amide bonds. The first-order chi connectivity index (χ1) is 16.9. The maximum absolute atomic E-state index is 12.5. The lowest BCUT2D eigenvalue weighted by Crippen LogP contribution is -2.48. The summed E-state index contributed by atoms with van der Waals surface area (Å²) in [6.07, 6.45) is 0.403. The third-order valence-corrected chi connectivity index (χ3v) is 6.67. The molecule has 0 aliphatic heterocycles. The molecule has 8 heteroatoms. The molecule has 0 aromatic heterocycles. The fourth-order valence-corrected chi connectivity index (χ4v) is 4.79. The summed E-state index contributed by atoms with van der Waals surface area (Å²) in [6, 6.07) is 19.9. The van der Waals surface area contributed by atoms with Crippen molar-refractivity contribution in [2.24, 2.45) is 5.92 Å². The number of carbonyl (C=O) groups excluding carboxylic acids is 2. The second kappa shape index (κ2) is 9.13. The van der Waals surface area contributed by atoms with Crippen LogP contribution in [0.3, 0.4) is 0 Å². The summed E-state index contributed by atoms with van der Waals surface area (Å²) in [5.41, 5.74) is 4.61. The van der Waals surface area contributed by atoms with Crippen LogP contribution in [-0.2, 0) is 9.53 Å². The Labute approximate surface area is 201 Å². The third-order valence-electron chi connectivity index (χ3n) is 6.67. The number of aromatic hydroxyl groups is 1. The Bertz CT molecular complexity index is 1270.